The Balaban J connectivity index is 1.97. The van der Waals surface area contributed by atoms with Crippen LogP contribution >= 0.6 is 11.6 Å². The van der Waals surface area contributed by atoms with E-state index in [1.165, 1.54) is 19.3 Å². The molecule has 1 unspecified atom stereocenters. The van der Waals surface area contributed by atoms with Crippen LogP contribution < -0.4 is 4.74 Å². The highest BCUT2D eigenvalue weighted by atomic mass is 35.5. The lowest BCUT2D eigenvalue weighted by atomic mass is 9.77. The van der Waals surface area contributed by atoms with Gasteiger partial charge in [-0.25, -0.2) is 10.0 Å². The lowest BCUT2D eigenvalue weighted by Crippen LogP contribution is -2.64. The molecule has 1 amide bonds. The standard InChI is InChI=1S/C28H37ClN2O4/c1-27(2,21-8-6-5-7-9-21)35-28(22-10-12-23(29)13-11-22)25-15-14-24(34-4)18-20(25)19-26(33)31(28)30(3)16-17-32/h10-15,18,21,32H,5-9,16-17,19H2,1-4H3. The van der Waals surface area contributed by atoms with Crippen molar-refractivity contribution in [3.8, 4) is 5.75 Å². The molecule has 190 valence electrons. The molecule has 1 atom stereocenters. The number of hydrazine groups is 1. The Morgan fingerprint density at radius 3 is 2.46 bits per heavy atom. The summed E-state index contributed by atoms with van der Waals surface area (Å²) in [6, 6.07) is 13.4. The maximum Gasteiger partial charge on any atom is 0.244 e. The second-order valence-corrected chi connectivity index (χ2v) is 10.6. The van der Waals surface area contributed by atoms with Crippen LogP contribution in [-0.4, -0.2) is 53.9 Å². The number of ether oxygens (including phenoxy) is 2. The van der Waals surface area contributed by atoms with E-state index in [1.54, 1.807) is 17.1 Å². The molecule has 6 nitrogen and oxygen atoms in total. The fraction of sp³-hybridized carbons (Fsp3) is 0.536. The normalized spacial score (nSPS) is 21.3. The van der Waals surface area contributed by atoms with Crippen LogP contribution in [0.3, 0.4) is 0 Å². The first kappa shape index (κ1) is 26.0. The number of rotatable bonds is 8. The zero-order chi connectivity index (χ0) is 25.2. The van der Waals surface area contributed by atoms with Crippen LogP contribution in [0, 0.1) is 5.92 Å². The van der Waals surface area contributed by atoms with Crippen molar-refractivity contribution in [2.24, 2.45) is 5.92 Å². The summed E-state index contributed by atoms with van der Waals surface area (Å²) in [7, 11) is 3.45. The number of hydrogen-bond donors (Lipinski definition) is 1. The van der Waals surface area contributed by atoms with Gasteiger partial charge in [0.05, 0.1) is 25.7 Å². The molecule has 1 heterocycles. The van der Waals surface area contributed by atoms with E-state index in [9.17, 15) is 9.90 Å². The van der Waals surface area contributed by atoms with Crippen LogP contribution in [0.1, 0.15) is 62.6 Å². The molecule has 0 aromatic heterocycles. The van der Waals surface area contributed by atoms with Gasteiger partial charge in [0.2, 0.25) is 11.6 Å². The van der Waals surface area contributed by atoms with E-state index in [0.29, 0.717) is 23.2 Å². The van der Waals surface area contributed by atoms with Crippen LogP contribution in [0.15, 0.2) is 42.5 Å². The molecule has 4 rings (SSSR count). The van der Waals surface area contributed by atoms with E-state index in [0.717, 1.165) is 29.5 Å². The maximum atomic E-state index is 13.8. The molecule has 35 heavy (non-hydrogen) atoms. The van der Waals surface area contributed by atoms with Crippen LogP contribution in [0.5, 0.6) is 5.75 Å². The third kappa shape index (κ3) is 4.94. The Morgan fingerprint density at radius 2 is 1.83 bits per heavy atom. The summed E-state index contributed by atoms with van der Waals surface area (Å²) in [6.45, 7) is 4.50. The van der Waals surface area contributed by atoms with Crippen LogP contribution in [-0.2, 0) is 21.7 Å². The number of nitrogens with zero attached hydrogens (tertiary/aromatic N) is 2. The summed E-state index contributed by atoms with van der Waals surface area (Å²) < 4.78 is 12.8. The van der Waals surface area contributed by atoms with Crippen molar-refractivity contribution in [1.29, 1.82) is 0 Å². The molecule has 0 radical (unpaired) electrons. The summed E-state index contributed by atoms with van der Waals surface area (Å²) in [5, 5.41) is 13.9. The van der Waals surface area contributed by atoms with Crippen molar-refractivity contribution in [3.05, 3.63) is 64.2 Å². The van der Waals surface area contributed by atoms with Crippen molar-refractivity contribution in [1.82, 2.24) is 10.0 Å². The van der Waals surface area contributed by atoms with E-state index < -0.39 is 11.3 Å². The number of fused-ring (bicyclic) bond motifs is 1. The fourth-order valence-electron chi connectivity index (χ4n) is 5.75. The summed E-state index contributed by atoms with van der Waals surface area (Å²) >= 11 is 6.29. The molecule has 0 spiro atoms. The Bertz CT molecular complexity index is 1040. The highest BCUT2D eigenvalue weighted by Gasteiger charge is 2.54. The van der Waals surface area contributed by atoms with Gasteiger partial charge in [-0.1, -0.05) is 43.0 Å². The quantitative estimate of drug-likeness (QED) is 0.543. The summed E-state index contributed by atoms with van der Waals surface area (Å²) in [6.07, 6.45) is 6.03. The molecule has 2 aromatic carbocycles. The number of amides is 1. The number of carbonyl (C=O) groups is 1. The van der Waals surface area contributed by atoms with Gasteiger partial charge >= 0.3 is 0 Å². The van der Waals surface area contributed by atoms with Gasteiger partial charge in [0.15, 0.2) is 0 Å². The van der Waals surface area contributed by atoms with Gasteiger partial charge in [0.1, 0.15) is 5.75 Å². The fourth-order valence-corrected chi connectivity index (χ4v) is 5.88. The molecule has 0 bridgehead atoms. The van der Waals surface area contributed by atoms with Crippen molar-refractivity contribution < 1.29 is 19.4 Å². The van der Waals surface area contributed by atoms with Gasteiger partial charge in [0.25, 0.3) is 0 Å². The lowest BCUT2D eigenvalue weighted by Gasteiger charge is -2.54. The Kier molecular flexibility index (Phi) is 7.77. The van der Waals surface area contributed by atoms with Gasteiger partial charge in [-0.15, -0.1) is 0 Å². The summed E-state index contributed by atoms with van der Waals surface area (Å²) in [5.74, 6) is 0.963. The number of halogens is 1. The third-order valence-corrected chi connectivity index (χ3v) is 7.81. The monoisotopic (exact) mass is 500 g/mol. The van der Waals surface area contributed by atoms with Crippen molar-refractivity contribution in [2.75, 3.05) is 27.3 Å². The van der Waals surface area contributed by atoms with Gasteiger partial charge in [-0.3, -0.25) is 4.79 Å². The molecule has 2 aromatic rings. The summed E-state index contributed by atoms with van der Waals surface area (Å²) in [5.41, 5.74) is 0.834. The first-order chi connectivity index (χ1) is 16.7. The average Bonchev–Trinajstić information content (AvgIpc) is 2.84. The topological polar surface area (TPSA) is 62.2 Å². The number of aliphatic hydroxyl groups is 1. The minimum atomic E-state index is -1.23. The molecule has 1 aliphatic carbocycles. The van der Waals surface area contributed by atoms with Crippen LogP contribution in [0.25, 0.3) is 0 Å². The largest absolute Gasteiger partial charge is 0.497 e. The number of methoxy groups -OCH3 is 1. The van der Waals surface area contributed by atoms with E-state index >= 15 is 0 Å². The minimum Gasteiger partial charge on any atom is -0.497 e. The van der Waals surface area contributed by atoms with Gasteiger partial charge in [-0.05, 0) is 68.5 Å². The van der Waals surface area contributed by atoms with Gasteiger partial charge in [-0.2, -0.15) is 0 Å². The van der Waals surface area contributed by atoms with Crippen LogP contribution in [0.2, 0.25) is 5.02 Å². The first-order valence-corrected chi connectivity index (χ1v) is 12.9. The first-order valence-electron chi connectivity index (χ1n) is 12.5. The van der Waals surface area contributed by atoms with Crippen molar-refractivity contribution in [2.45, 2.75) is 63.7 Å². The number of hydrogen-bond acceptors (Lipinski definition) is 5. The SMILES string of the molecule is COc1ccc2c(c1)CC(=O)N(N(C)CCO)C2(OC(C)(C)C1CCCCC1)c1ccc(Cl)cc1. The maximum absolute atomic E-state index is 13.8. The highest BCUT2D eigenvalue weighted by Crippen LogP contribution is 2.49. The van der Waals surface area contributed by atoms with E-state index in [-0.39, 0.29) is 18.9 Å². The Labute approximate surface area is 213 Å². The van der Waals surface area contributed by atoms with Crippen LogP contribution in [0.4, 0.5) is 0 Å². The lowest BCUT2D eigenvalue weighted by molar-refractivity contribution is -0.267. The molecule has 0 saturated heterocycles. The smallest absolute Gasteiger partial charge is 0.244 e. The van der Waals surface area contributed by atoms with Crippen molar-refractivity contribution in [3.63, 3.8) is 0 Å². The zero-order valence-electron chi connectivity index (χ0n) is 21.2. The number of benzene rings is 2. The highest BCUT2D eigenvalue weighted by molar-refractivity contribution is 6.30. The number of carbonyl (C=O) groups excluding carboxylic acids is 1. The van der Waals surface area contributed by atoms with E-state index in [2.05, 4.69) is 13.8 Å². The average molecular weight is 501 g/mol. The molecule has 1 saturated carbocycles. The summed E-state index contributed by atoms with van der Waals surface area (Å²) in [4.78, 5) is 13.8. The molecule has 1 fully saturated rings. The van der Waals surface area contributed by atoms with E-state index in [4.69, 9.17) is 21.1 Å². The molecular formula is C28H37ClN2O4. The van der Waals surface area contributed by atoms with Gasteiger partial charge in [0, 0.05) is 29.7 Å². The number of aliphatic hydroxyl groups excluding tert-OH is 1. The molecular weight excluding hydrogens is 464 g/mol. The molecule has 7 heteroatoms. The molecule has 2 aliphatic rings. The second kappa shape index (κ2) is 10.5. The third-order valence-electron chi connectivity index (χ3n) is 7.55. The van der Waals surface area contributed by atoms with E-state index in [1.807, 2.05) is 49.5 Å². The predicted molar refractivity (Wildman–Crippen MR) is 137 cm³/mol. The Morgan fingerprint density at radius 1 is 1.14 bits per heavy atom. The van der Waals surface area contributed by atoms with Gasteiger partial charge < -0.3 is 14.6 Å². The number of likely N-dealkylation sites (N-methyl/N-ethyl adjacent to an activating group) is 1. The molecule has 1 N–H and O–H groups in total. The van der Waals surface area contributed by atoms with Crippen molar-refractivity contribution >= 4 is 17.5 Å². The second-order valence-electron chi connectivity index (χ2n) is 10.2. The molecule has 1 aliphatic heterocycles. The zero-order valence-corrected chi connectivity index (χ0v) is 22.0. The predicted octanol–water partition coefficient (Wildman–Crippen LogP) is 5.15. The minimum absolute atomic E-state index is 0.0849. The Hall–Kier alpha value is -2.12.